The largest absolute Gasteiger partial charge is 0.353 e. The van der Waals surface area contributed by atoms with Gasteiger partial charge in [0, 0.05) is 6.04 Å². The summed E-state index contributed by atoms with van der Waals surface area (Å²) in [6.45, 7) is 4.26. The maximum Gasteiger partial charge on any atom is 0.235 e. The summed E-state index contributed by atoms with van der Waals surface area (Å²) in [5.74, 6) is -0.790. The smallest absolute Gasteiger partial charge is 0.235 e. The van der Waals surface area contributed by atoms with E-state index in [0.29, 0.717) is 19.4 Å². The standard InChI is InChI=1S/C10H22N2O3S/c1-3-9(2)12-10(13)8-16(14,15)7-5-4-6-11/h9H,3-8,11H2,1-2H3,(H,12,13). The number of sulfone groups is 1. The lowest BCUT2D eigenvalue weighted by molar-refractivity contribution is -0.119. The van der Waals surface area contributed by atoms with Crippen LogP contribution in [-0.2, 0) is 14.6 Å². The zero-order valence-electron chi connectivity index (χ0n) is 10.0. The lowest BCUT2D eigenvalue weighted by atomic mass is 10.3. The summed E-state index contributed by atoms with van der Waals surface area (Å²) in [6, 6.07) is 0.0201. The van der Waals surface area contributed by atoms with E-state index < -0.39 is 21.5 Å². The molecule has 0 rings (SSSR count). The second-order valence-corrected chi connectivity index (χ2v) is 6.15. The summed E-state index contributed by atoms with van der Waals surface area (Å²) in [5, 5.41) is 2.63. The molecular formula is C10H22N2O3S. The van der Waals surface area contributed by atoms with Crippen LogP contribution < -0.4 is 11.1 Å². The second-order valence-electron chi connectivity index (χ2n) is 3.96. The second kappa shape index (κ2) is 7.62. The first-order valence-electron chi connectivity index (χ1n) is 5.61. The highest BCUT2D eigenvalue weighted by molar-refractivity contribution is 7.92. The van der Waals surface area contributed by atoms with Gasteiger partial charge in [-0.1, -0.05) is 6.92 Å². The summed E-state index contributed by atoms with van der Waals surface area (Å²) in [7, 11) is -3.27. The van der Waals surface area contributed by atoms with Gasteiger partial charge in [-0.15, -0.1) is 0 Å². The molecule has 0 heterocycles. The molecule has 0 radical (unpaired) electrons. The third-order valence-electron chi connectivity index (χ3n) is 2.28. The molecule has 0 saturated heterocycles. The van der Waals surface area contributed by atoms with Crippen LogP contribution in [-0.4, -0.2) is 38.4 Å². The molecule has 6 heteroatoms. The Morgan fingerprint density at radius 3 is 2.50 bits per heavy atom. The molecule has 0 aromatic carbocycles. The van der Waals surface area contributed by atoms with Gasteiger partial charge in [0.05, 0.1) is 5.75 Å². The van der Waals surface area contributed by atoms with E-state index in [9.17, 15) is 13.2 Å². The number of unbranched alkanes of at least 4 members (excludes halogenated alkanes) is 1. The molecule has 0 aromatic rings. The zero-order chi connectivity index (χ0) is 12.6. The number of hydrogen-bond donors (Lipinski definition) is 2. The first kappa shape index (κ1) is 15.4. The monoisotopic (exact) mass is 250 g/mol. The zero-order valence-corrected chi connectivity index (χ0v) is 10.8. The number of carbonyl (C=O) groups is 1. The molecule has 3 N–H and O–H groups in total. The number of hydrogen-bond acceptors (Lipinski definition) is 4. The quantitative estimate of drug-likeness (QED) is 0.596. The predicted molar refractivity (Wildman–Crippen MR) is 64.8 cm³/mol. The third-order valence-corrected chi connectivity index (χ3v) is 3.89. The molecule has 0 spiro atoms. The first-order chi connectivity index (χ1) is 7.41. The summed E-state index contributed by atoms with van der Waals surface area (Å²) in [6.07, 6.45) is 1.99. The van der Waals surface area contributed by atoms with Gasteiger partial charge < -0.3 is 11.1 Å². The predicted octanol–water partition coefficient (Wildman–Crippen LogP) is 0.0548. The fourth-order valence-corrected chi connectivity index (χ4v) is 2.43. The minimum atomic E-state index is -3.27. The molecule has 0 aliphatic heterocycles. The van der Waals surface area contributed by atoms with Crippen LogP contribution in [0, 0.1) is 0 Å². The van der Waals surface area contributed by atoms with E-state index in [2.05, 4.69) is 5.32 Å². The number of carbonyl (C=O) groups excluding carboxylic acids is 1. The summed E-state index contributed by atoms with van der Waals surface area (Å²) >= 11 is 0. The van der Waals surface area contributed by atoms with Gasteiger partial charge >= 0.3 is 0 Å². The molecule has 0 bridgehead atoms. The molecule has 1 unspecified atom stereocenters. The van der Waals surface area contributed by atoms with Crippen LogP contribution in [0.25, 0.3) is 0 Å². The van der Waals surface area contributed by atoms with Crippen molar-refractivity contribution in [1.29, 1.82) is 0 Å². The van der Waals surface area contributed by atoms with E-state index in [-0.39, 0.29) is 11.8 Å². The minimum absolute atomic E-state index is 0.0201. The van der Waals surface area contributed by atoms with Crippen LogP contribution in [0.4, 0.5) is 0 Å². The molecule has 5 nitrogen and oxygen atoms in total. The Labute approximate surface area is 97.7 Å². The Kier molecular flexibility index (Phi) is 7.33. The van der Waals surface area contributed by atoms with Crippen LogP contribution in [0.2, 0.25) is 0 Å². The summed E-state index contributed by atoms with van der Waals surface area (Å²) in [4.78, 5) is 11.3. The Morgan fingerprint density at radius 1 is 1.38 bits per heavy atom. The Morgan fingerprint density at radius 2 is 2.00 bits per heavy atom. The van der Waals surface area contributed by atoms with Crippen molar-refractivity contribution >= 4 is 15.7 Å². The van der Waals surface area contributed by atoms with Crippen molar-refractivity contribution in [1.82, 2.24) is 5.32 Å². The molecule has 1 atom stereocenters. The number of nitrogens with one attached hydrogen (secondary N) is 1. The Balaban J connectivity index is 4.01. The summed E-state index contributed by atoms with van der Waals surface area (Å²) in [5.41, 5.74) is 5.27. The van der Waals surface area contributed by atoms with Crippen molar-refractivity contribution in [2.45, 2.75) is 39.2 Å². The van der Waals surface area contributed by atoms with Crippen LogP contribution in [0.3, 0.4) is 0 Å². The van der Waals surface area contributed by atoms with Crippen molar-refractivity contribution in [2.24, 2.45) is 5.73 Å². The van der Waals surface area contributed by atoms with Gasteiger partial charge in [-0.05, 0) is 32.7 Å². The van der Waals surface area contributed by atoms with Gasteiger partial charge in [0.25, 0.3) is 0 Å². The van der Waals surface area contributed by atoms with E-state index in [1.165, 1.54) is 0 Å². The van der Waals surface area contributed by atoms with Crippen molar-refractivity contribution in [3.8, 4) is 0 Å². The highest BCUT2D eigenvalue weighted by atomic mass is 32.2. The van der Waals surface area contributed by atoms with E-state index in [1.54, 1.807) is 0 Å². The molecule has 16 heavy (non-hydrogen) atoms. The van der Waals surface area contributed by atoms with E-state index in [4.69, 9.17) is 5.73 Å². The molecule has 0 aliphatic rings. The summed E-state index contributed by atoms with van der Waals surface area (Å²) < 4.78 is 23.0. The van der Waals surface area contributed by atoms with Gasteiger partial charge in [0.2, 0.25) is 5.91 Å². The Hall–Kier alpha value is -0.620. The average Bonchev–Trinajstić information content (AvgIpc) is 2.16. The van der Waals surface area contributed by atoms with Crippen LogP contribution >= 0.6 is 0 Å². The normalized spacial score (nSPS) is 13.4. The molecule has 0 aromatic heterocycles. The maximum absolute atomic E-state index is 11.5. The van der Waals surface area contributed by atoms with Crippen LogP contribution in [0.1, 0.15) is 33.1 Å². The number of nitrogens with two attached hydrogens (primary N) is 1. The topological polar surface area (TPSA) is 89.3 Å². The minimum Gasteiger partial charge on any atom is -0.353 e. The highest BCUT2D eigenvalue weighted by Crippen LogP contribution is 1.98. The highest BCUT2D eigenvalue weighted by Gasteiger charge is 2.16. The number of amides is 1. The van der Waals surface area contributed by atoms with E-state index in [0.717, 1.165) is 6.42 Å². The maximum atomic E-state index is 11.5. The number of rotatable bonds is 8. The van der Waals surface area contributed by atoms with E-state index >= 15 is 0 Å². The van der Waals surface area contributed by atoms with Crippen LogP contribution in [0.15, 0.2) is 0 Å². The molecule has 0 saturated carbocycles. The molecular weight excluding hydrogens is 228 g/mol. The fraction of sp³-hybridized carbons (Fsp3) is 0.900. The van der Waals surface area contributed by atoms with Crippen molar-refractivity contribution in [3.05, 3.63) is 0 Å². The van der Waals surface area contributed by atoms with Crippen LogP contribution in [0.5, 0.6) is 0 Å². The van der Waals surface area contributed by atoms with E-state index in [1.807, 2.05) is 13.8 Å². The fourth-order valence-electron chi connectivity index (χ4n) is 1.16. The van der Waals surface area contributed by atoms with Gasteiger partial charge in [0.15, 0.2) is 9.84 Å². The van der Waals surface area contributed by atoms with Crippen molar-refractivity contribution in [2.75, 3.05) is 18.1 Å². The van der Waals surface area contributed by atoms with Gasteiger partial charge in [-0.2, -0.15) is 0 Å². The lowest BCUT2D eigenvalue weighted by Crippen LogP contribution is -2.37. The van der Waals surface area contributed by atoms with Crippen molar-refractivity contribution in [3.63, 3.8) is 0 Å². The Bertz CT molecular complexity index is 301. The third kappa shape index (κ3) is 7.64. The molecule has 0 aliphatic carbocycles. The van der Waals surface area contributed by atoms with Gasteiger partial charge in [0.1, 0.15) is 5.75 Å². The average molecular weight is 250 g/mol. The first-order valence-corrected chi connectivity index (χ1v) is 7.43. The molecule has 1 amide bonds. The lowest BCUT2D eigenvalue weighted by Gasteiger charge is -2.11. The SMILES string of the molecule is CCC(C)NC(=O)CS(=O)(=O)CCCCN. The van der Waals surface area contributed by atoms with Gasteiger partial charge in [-0.3, -0.25) is 4.79 Å². The van der Waals surface area contributed by atoms with Gasteiger partial charge in [-0.25, -0.2) is 8.42 Å². The molecule has 0 fully saturated rings. The molecule has 96 valence electrons. The van der Waals surface area contributed by atoms with Crippen molar-refractivity contribution < 1.29 is 13.2 Å².